The van der Waals surface area contributed by atoms with E-state index in [1.54, 1.807) is 24.3 Å². The molecule has 0 saturated heterocycles. The van der Waals surface area contributed by atoms with Crippen molar-refractivity contribution in [2.75, 3.05) is 0 Å². The van der Waals surface area contributed by atoms with Crippen molar-refractivity contribution in [3.8, 4) is 5.75 Å². The lowest BCUT2D eigenvalue weighted by Gasteiger charge is -2.36. The van der Waals surface area contributed by atoms with E-state index in [9.17, 15) is 19.0 Å². The van der Waals surface area contributed by atoms with Crippen LogP contribution in [0.1, 0.15) is 36.8 Å². The van der Waals surface area contributed by atoms with Crippen LogP contribution in [0.3, 0.4) is 0 Å². The summed E-state index contributed by atoms with van der Waals surface area (Å²) in [5, 5.41) is 19.6. The number of alkyl halides is 2. The molecule has 27 heavy (non-hydrogen) atoms. The first kappa shape index (κ1) is 20.1. The van der Waals surface area contributed by atoms with Gasteiger partial charge in [0, 0.05) is 24.0 Å². The van der Waals surface area contributed by atoms with E-state index in [1.165, 1.54) is 0 Å². The van der Waals surface area contributed by atoms with Crippen LogP contribution in [-0.2, 0) is 13.1 Å². The summed E-state index contributed by atoms with van der Waals surface area (Å²) in [6.45, 7) is 1.40. The summed E-state index contributed by atoms with van der Waals surface area (Å²) in [6, 6.07) is 14.9. The first-order chi connectivity index (χ1) is 13.0. The zero-order valence-electron chi connectivity index (χ0n) is 15.1. The Morgan fingerprint density at radius 3 is 2.26 bits per heavy atom. The monoisotopic (exact) mass is 393 g/mol. The number of phenols is 1. The molecule has 0 heterocycles. The Kier molecular flexibility index (Phi) is 7.10. The van der Waals surface area contributed by atoms with E-state index in [0.29, 0.717) is 35.8 Å². The van der Waals surface area contributed by atoms with Crippen molar-refractivity contribution in [2.24, 2.45) is 0 Å². The molecule has 0 bridgehead atoms. The fraction of sp³-hybridized carbons (Fsp3) is 0.429. The van der Waals surface area contributed by atoms with E-state index < -0.39 is 5.76 Å². The van der Waals surface area contributed by atoms with Gasteiger partial charge >= 0.3 is 0 Å². The largest absolute Gasteiger partial charge is 0.508 e. The highest BCUT2D eigenvalue weighted by molar-refractivity contribution is 7.99. The number of aliphatic hydroxyl groups excluding tert-OH is 1. The molecule has 0 spiro atoms. The van der Waals surface area contributed by atoms with E-state index >= 15 is 0 Å². The molecule has 1 fully saturated rings. The van der Waals surface area contributed by atoms with E-state index in [1.807, 2.05) is 24.3 Å². The number of thioether (sulfide) groups is 1. The molecular formula is C21H25F2NO2S. The average molecular weight is 393 g/mol. The fourth-order valence-electron chi connectivity index (χ4n) is 3.64. The highest BCUT2D eigenvalue weighted by Crippen LogP contribution is 2.28. The second kappa shape index (κ2) is 9.53. The van der Waals surface area contributed by atoms with Gasteiger partial charge in [0.25, 0.3) is 5.76 Å². The Hall–Kier alpha value is -1.63. The van der Waals surface area contributed by atoms with Gasteiger partial charge in [-0.05, 0) is 61.1 Å². The molecule has 1 saturated carbocycles. The summed E-state index contributed by atoms with van der Waals surface area (Å²) >= 11 is 0.556. The molecule has 0 atom stereocenters. The van der Waals surface area contributed by atoms with Crippen LogP contribution in [0.5, 0.6) is 5.75 Å². The van der Waals surface area contributed by atoms with E-state index in [-0.39, 0.29) is 11.9 Å². The number of phenolic OH excluding ortho intramolecular Hbond substituents is 1. The van der Waals surface area contributed by atoms with Crippen LogP contribution in [0.4, 0.5) is 8.78 Å². The van der Waals surface area contributed by atoms with Gasteiger partial charge in [0.05, 0.1) is 6.10 Å². The Morgan fingerprint density at radius 2 is 1.63 bits per heavy atom. The predicted molar refractivity (Wildman–Crippen MR) is 104 cm³/mol. The number of hydrogen-bond donors (Lipinski definition) is 2. The molecule has 0 amide bonds. The molecule has 3 nitrogen and oxygen atoms in total. The number of nitrogens with zero attached hydrogens (tertiary/aromatic N) is 1. The third kappa shape index (κ3) is 6.19. The van der Waals surface area contributed by atoms with Crippen molar-refractivity contribution in [3.05, 3.63) is 59.7 Å². The maximum absolute atomic E-state index is 12.5. The molecule has 0 unspecified atom stereocenters. The summed E-state index contributed by atoms with van der Waals surface area (Å²) in [5.74, 6) is -2.16. The van der Waals surface area contributed by atoms with Gasteiger partial charge in [-0.2, -0.15) is 8.78 Å². The molecule has 6 heteroatoms. The Bertz CT molecular complexity index is 718. The van der Waals surface area contributed by atoms with Crippen molar-refractivity contribution >= 4 is 11.8 Å². The van der Waals surface area contributed by atoms with Gasteiger partial charge in [0.15, 0.2) is 0 Å². The highest BCUT2D eigenvalue weighted by Gasteiger charge is 2.25. The molecule has 2 N–H and O–H groups in total. The highest BCUT2D eigenvalue weighted by atomic mass is 32.2. The van der Waals surface area contributed by atoms with Gasteiger partial charge < -0.3 is 10.2 Å². The fourth-order valence-corrected chi connectivity index (χ4v) is 4.14. The number of hydrogen-bond acceptors (Lipinski definition) is 4. The minimum Gasteiger partial charge on any atom is -0.508 e. The van der Waals surface area contributed by atoms with Crippen molar-refractivity contribution in [3.63, 3.8) is 0 Å². The maximum Gasteiger partial charge on any atom is 0.288 e. The molecule has 146 valence electrons. The zero-order chi connectivity index (χ0) is 19.2. The molecule has 0 aromatic heterocycles. The summed E-state index contributed by atoms with van der Waals surface area (Å²) < 4.78 is 25.0. The summed E-state index contributed by atoms with van der Waals surface area (Å²) in [7, 11) is 0. The van der Waals surface area contributed by atoms with Gasteiger partial charge in [-0.25, -0.2) is 0 Å². The summed E-state index contributed by atoms with van der Waals surface area (Å²) in [6.07, 6.45) is 3.24. The third-order valence-corrected chi connectivity index (χ3v) is 5.74. The summed E-state index contributed by atoms with van der Waals surface area (Å²) in [4.78, 5) is 2.92. The van der Waals surface area contributed by atoms with Crippen molar-refractivity contribution in [2.45, 2.75) is 61.6 Å². The van der Waals surface area contributed by atoms with Crippen molar-refractivity contribution < 1.29 is 19.0 Å². The van der Waals surface area contributed by atoms with E-state index in [0.717, 1.165) is 36.8 Å². The first-order valence-electron chi connectivity index (χ1n) is 9.23. The Labute approximate surface area is 163 Å². The normalized spacial score (nSPS) is 20.3. The molecule has 0 aliphatic heterocycles. The van der Waals surface area contributed by atoms with Crippen LogP contribution in [0, 0.1) is 0 Å². The van der Waals surface area contributed by atoms with Crippen molar-refractivity contribution in [1.29, 1.82) is 0 Å². The van der Waals surface area contributed by atoms with Crippen molar-refractivity contribution in [1.82, 2.24) is 4.90 Å². The summed E-state index contributed by atoms with van der Waals surface area (Å²) in [5.41, 5.74) is 2.10. The molecule has 1 aliphatic rings. The van der Waals surface area contributed by atoms with Crippen LogP contribution in [-0.4, -0.2) is 33.0 Å². The topological polar surface area (TPSA) is 43.7 Å². The number of benzene rings is 2. The zero-order valence-corrected chi connectivity index (χ0v) is 15.9. The lowest BCUT2D eigenvalue weighted by atomic mass is 9.91. The first-order valence-corrected chi connectivity index (χ1v) is 10.1. The molecule has 3 rings (SSSR count). The molecular weight excluding hydrogens is 368 g/mol. The minimum absolute atomic E-state index is 0.213. The number of rotatable bonds is 7. The van der Waals surface area contributed by atoms with Gasteiger partial charge in [-0.3, -0.25) is 4.90 Å². The molecule has 0 radical (unpaired) electrons. The maximum atomic E-state index is 12.5. The Morgan fingerprint density at radius 1 is 0.963 bits per heavy atom. The smallest absolute Gasteiger partial charge is 0.288 e. The van der Waals surface area contributed by atoms with Crippen LogP contribution in [0.25, 0.3) is 0 Å². The van der Waals surface area contributed by atoms with Gasteiger partial charge in [-0.15, -0.1) is 0 Å². The van der Waals surface area contributed by atoms with E-state index in [4.69, 9.17) is 0 Å². The molecule has 2 aromatic rings. The lowest BCUT2D eigenvalue weighted by Crippen LogP contribution is -2.38. The number of aromatic hydroxyl groups is 1. The average Bonchev–Trinajstić information content (AvgIpc) is 2.63. The third-order valence-electron chi connectivity index (χ3n) is 5.01. The van der Waals surface area contributed by atoms with Crippen LogP contribution >= 0.6 is 11.8 Å². The van der Waals surface area contributed by atoms with Crippen LogP contribution in [0.15, 0.2) is 53.4 Å². The van der Waals surface area contributed by atoms with Gasteiger partial charge in [0.2, 0.25) is 0 Å². The lowest BCUT2D eigenvalue weighted by molar-refractivity contribution is 0.0665. The number of aliphatic hydroxyl groups is 1. The quantitative estimate of drug-likeness (QED) is 0.649. The standard InChI is InChI=1S/C21H25F2NO2S/c22-21(23)27-20-10-4-15(5-11-20)13-24(17-6-8-18(25)9-7-17)14-16-2-1-3-19(26)12-16/h1-5,10-12,17-18,21,25-26H,6-9,13-14H2. The SMILES string of the molecule is Oc1cccc(CN(Cc2ccc(SC(F)F)cc2)C2CCC(O)CC2)c1. The number of halogens is 2. The van der Waals surface area contributed by atoms with Gasteiger partial charge in [0.1, 0.15) is 5.75 Å². The van der Waals surface area contributed by atoms with Crippen LogP contribution in [0.2, 0.25) is 0 Å². The second-order valence-electron chi connectivity index (χ2n) is 7.06. The minimum atomic E-state index is -2.41. The van der Waals surface area contributed by atoms with E-state index in [2.05, 4.69) is 4.90 Å². The van der Waals surface area contributed by atoms with Crippen LogP contribution < -0.4 is 0 Å². The molecule has 2 aromatic carbocycles. The second-order valence-corrected chi connectivity index (χ2v) is 8.12. The predicted octanol–water partition coefficient (Wildman–Crippen LogP) is 5.01. The molecule has 1 aliphatic carbocycles. The Balaban J connectivity index is 1.72. The van der Waals surface area contributed by atoms with Gasteiger partial charge in [-0.1, -0.05) is 36.0 Å².